The maximum atomic E-state index is 13.0. The third kappa shape index (κ3) is 35.4. The second-order valence-corrected chi connectivity index (χ2v) is 17.8. The van der Waals surface area contributed by atoms with Gasteiger partial charge in [0, 0.05) is 0 Å². The van der Waals surface area contributed by atoms with Gasteiger partial charge in [0.15, 0.2) is 0 Å². The van der Waals surface area contributed by atoms with E-state index < -0.39 is 27.0 Å². The minimum absolute atomic E-state index is 0. The molecule has 0 bridgehead atoms. The molecule has 1 rings (SSSR count). The van der Waals surface area contributed by atoms with Crippen molar-refractivity contribution < 1.29 is 83.4 Å². The number of allylic oxidation sites excluding steroid dienone is 4. The molecule has 1 aromatic rings. The molecule has 334 valence electrons. The molecule has 0 saturated heterocycles. The van der Waals surface area contributed by atoms with Gasteiger partial charge in [-0.25, -0.2) is 18.0 Å². The fourth-order valence-electron chi connectivity index (χ4n) is 7.27. The largest absolute Gasteiger partial charge is 1.00 e. The summed E-state index contributed by atoms with van der Waals surface area (Å²) in [6.45, 7) is 4.88. The van der Waals surface area contributed by atoms with Crippen molar-refractivity contribution in [3.63, 3.8) is 0 Å². The van der Waals surface area contributed by atoms with Crippen LogP contribution in [-0.2, 0) is 19.6 Å². The Morgan fingerprint density at radius 2 is 0.746 bits per heavy atom. The Hall–Kier alpha value is -0.814. The number of benzene rings is 1. The molecular weight excluding hydrogens is 784 g/mol. The van der Waals surface area contributed by atoms with Crippen molar-refractivity contribution in [2.45, 2.75) is 237 Å². The summed E-state index contributed by atoms with van der Waals surface area (Å²) in [5.41, 5.74) is -0.347. The summed E-state index contributed by atoms with van der Waals surface area (Å²) in [6.07, 6.45) is 50.8. The van der Waals surface area contributed by atoms with Gasteiger partial charge in [-0.3, -0.25) is 0 Å². The molecule has 9 heteroatoms. The van der Waals surface area contributed by atoms with E-state index in [1.807, 2.05) is 0 Å². The summed E-state index contributed by atoms with van der Waals surface area (Å²) in [7, 11) is -4.82. The van der Waals surface area contributed by atoms with E-state index in [0.717, 1.165) is 63.5 Å². The van der Waals surface area contributed by atoms with Crippen LogP contribution < -0.4 is 51.4 Å². The molecule has 0 heterocycles. The van der Waals surface area contributed by atoms with Gasteiger partial charge >= 0.3 is 63.3 Å². The summed E-state index contributed by atoms with van der Waals surface area (Å²) < 4.78 is 45.9. The minimum Gasteiger partial charge on any atom is -0.744 e. The van der Waals surface area contributed by atoms with Crippen LogP contribution in [0.4, 0.5) is 0 Å². The van der Waals surface area contributed by atoms with E-state index in [-0.39, 0.29) is 75.7 Å². The number of carbonyl (C=O) groups is 2. The molecule has 0 N–H and O–H groups in total. The van der Waals surface area contributed by atoms with Crippen LogP contribution in [0.15, 0.2) is 47.4 Å². The van der Waals surface area contributed by atoms with Crippen LogP contribution in [0.3, 0.4) is 0 Å². The van der Waals surface area contributed by atoms with Gasteiger partial charge in [-0.05, 0) is 82.4 Å². The topological polar surface area (TPSA) is 110 Å². The van der Waals surface area contributed by atoms with Crippen LogP contribution >= 0.6 is 0 Å². The van der Waals surface area contributed by atoms with E-state index in [4.69, 9.17) is 9.47 Å². The van der Waals surface area contributed by atoms with Gasteiger partial charge < -0.3 is 14.0 Å². The van der Waals surface area contributed by atoms with E-state index in [2.05, 4.69) is 38.2 Å². The van der Waals surface area contributed by atoms with Gasteiger partial charge in [0.2, 0.25) is 0 Å². The number of rotatable bonds is 41. The van der Waals surface area contributed by atoms with E-state index in [1.165, 1.54) is 160 Å². The molecule has 0 spiro atoms. The van der Waals surface area contributed by atoms with Crippen LogP contribution in [0.5, 0.6) is 0 Å². The first kappa shape index (κ1) is 58.2. The second kappa shape index (κ2) is 42.5. The van der Waals surface area contributed by atoms with E-state index >= 15 is 0 Å². The van der Waals surface area contributed by atoms with Crippen LogP contribution in [0.25, 0.3) is 0 Å². The monoisotopic (exact) mass is 869 g/mol. The number of hydrogen-bond donors (Lipinski definition) is 0. The Kier molecular flexibility index (Phi) is 41.9. The third-order valence-corrected chi connectivity index (χ3v) is 11.8. The standard InChI is InChI=1S/C50H86O7S.K/c1-3-5-7-9-11-13-15-17-19-21-23-25-27-29-31-33-35-37-39-43-56-49(51)47-42-41-46(58(53,54)55)45-48(47)50(52)57-44-40-38-36-34-32-30-28-26-24-22-20-18-16-14-12-10-8-6-4-2;/h23-26,41-42,45H,3-22,27-40,43-44H2,1-2H3,(H,53,54,55);/q;+1/p-1/b25-23+,26-24+;. The molecule has 59 heavy (non-hydrogen) atoms. The molecule has 0 fully saturated rings. The van der Waals surface area contributed by atoms with Crippen molar-refractivity contribution in [3.8, 4) is 0 Å². The zero-order chi connectivity index (χ0) is 42.2. The summed E-state index contributed by atoms with van der Waals surface area (Å²) in [5, 5.41) is 0. The van der Waals surface area contributed by atoms with Gasteiger partial charge in [0.25, 0.3) is 0 Å². The minimum atomic E-state index is -4.82. The van der Waals surface area contributed by atoms with Crippen LogP contribution in [-0.4, -0.2) is 38.1 Å². The molecule has 0 radical (unpaired) electrons. The van der Waals surface area contributed by atoms with Gasteiger partial charge in [0.05, 0.1) is 29.2 Å². The molecule has 0 aliphatic carbocycles. The molecule has 0 saturated carbocycles. The fourth-order valence-corrected chi connectivity index (χ4v) is 7.77. The zero-order valence-electron chi connectivity index (χ0n) is 38.3. The summed E-state index contributed by atoms with van der Waals surface area (Å²) in [6, 6.07) is 3.13. The number of carbonyl (C=O) groups excluding carboxylic acids is 2. The van der Waals surface area contributed by atoms with Crippen LogP contribution in [0.1, 0.15) is 253 Å². The summed E-state index contributed by atoms with van der Waals surface area (Å²) in [5.74, 6) is -1.56. The Balaban J connectivity index is 0.0000336. The predicted molar refractivity (Wildman–Crippen MR) is 242 cm³/mol. The van der Waals surface area contributed by atoms with Gasteiger partial charge in [-0.15, -0.1) is 0 Å². The predicted octanol–water partition coefficient (Wildman–Crippen LogP) is 12.3. The zero-order valence-corrected chi connectivity index (χ0v) is 42.2. The third-order valence-electron chi connectivity index (χ3n) is 11.0. The first-order valence-electron chi connectivity index (χ1n) is 24.0. The smallest absolute Gasteiger partial charge is 0.744 e. The number of hydrogen-bond acceptors (Lipinski definition) is 7. The summed E-state index contributed by atoms with van der Waals surface area (Å²) in [4.78, 5) is 25.3. The van der Waals surface area contributed by atoms with Crippen molar-refractivity contribution in [1.29, 1.82) is 0 Å². The molecule has 0 unspecified atom stereocenters. The molecule has 1 aromatic carbocycles. The van der Waals surface area contributed by atoms with E-state index in [1.54, 1.807) is 0 Å². The van der Waals surface area contributed by atoms with Crippen LogP contribution in [0.2, 0.25) is 0 Å². The Morgan fingerprint density at radius 1 is 0.458 bits per heavy atom. The maximum Gasteiger partial charge on any atom is 1.00 e. The summed E-state index contributed by atoms with van der Waals surface area (Å²) >= 11 is 0. The van der Waals surface area contributed by atoms with E-state index in [0.29, 0.717) is 12.8 Å². The second-order valence-electron chi connectivity index (χ2n) is 16.4. The quantitative estimate of drug-likeness (QED) is 0.0212. The molecular formula is C50H85KO7S. The van der Waals surface area contributed by atoms with Crippen molar-refractivity contribution in [1.82, 2.24) is 0 Å². The molecule has 0 aliphatic rings. The fraction of sp³-hybridized carbons (Fsp3) is 0.760. The van der Waals surface area contributed by atoms with Crippen molar-refractivity contribution in [3.05, 3.63) is 53.6 Å². The molecule has 0 aliphatic heterocycles. The van der Waals surface area contributed by atoms with Crippen molar-refractivity contribution >= 4 is 22.1 Å². The number of ether oxygens (including phenoxy) is 2. The number of unbranched alkanes of at least 4 members (excludes halogenated alkanes) is 30. The van der Waals surface area contributed by atoms with Gasteiger partial charge in [-0.2, -0.15) is 0 Å². The maximum absolute atomic E-state index is 13.0. The van der Waals surface area contributed by atoms with Crippen molar-refractivity contribution in [2.24, 2.45) is 0 Å². The average molecular weight is 869 g/mol. The first-order chi connectivity index (χ1) is 28.3. The molecule has 7 nitrogen and oxygen atoms in total. The Morgan fingerprint density at radius 3 is 1.07 bits per heavy atom. The molecule has 0 aromatic heterocycles. The van der Waals surface area contributed by atoms with Gasteiger partial charge in [-0.1, -0.05) is 192 Å². The average Bonchev–Trinajstić information content (AvgIpc) is 3.21. The molecule has 0 atom stereocenters. The normalized spacial score (nSPS) is 11.7. The Bertz CT molecular complexity index is 1310. The van der Waals surface area contributed by atoms with E-state index in [9.17, 15) is 22.6 Å². The Labute approximate surface area is 405 Å². The van der Waals surface area contributed by atoms with Gasteiger partial charge in [0.1, 0.15) is 10.1 Å². The SMILES string of the molecule is CCCCCCCCCCC/C=C/CCCCCCCCOC(=O)c1ccc(S(=O)(=O)[O-])cc1C(=O)OCCCCCCCC/C=C/CCCCCCCCCCC.[K+]. The number of esters is 2. The van der Waals surface area contributed by atoms with Crippen molar-refractivity contribution in [2.75, 3.05) is 13.2 Å². The van der Waals surface area contributed by atoms with Crippen LogP contribution in [0, 0.1) is 0 Å². The molecule has 0 amide bonds. The first-order valence-corrected chi connectivity index (χ1v) is 25.5.